The molecule has 11 nitrogen and oxygen atoms in total. The van der Waals surface area contributed by atoms with Crippen LogP contribution < -0.4 is 0 Å². The first-order valence-corrected chi connectivity index (χ1v) is 32.0. The Hall–Kier alpha value is -0.440. The highest BCUT2D eigenvalue weighted by atomic mass is 16.7. The second kappa shape index (κ2) is 20.3. The van der Waals surface area contributed by atoms with Crippen LogP contribution in [0.4, 0.5) is 0 Å². The van der Waals surface area contributed by atoms with Crippen molar-refractivity contribution in [3.05, 3.63) is 0 Å². The van der Waals surface area contributed by atoms with Gasteiger partial charge in [0, 0.05) is 43.3 Å². The third kappa shape index (κ3) is 9.38. The summed E-state index contributed by atoms with van der Waals surface area (Å²) in [6, 6.07) is 0. The summed E-state index contributed by atoms with van der Waals surface area (Å²) in [4.78, 5) is 0. The third-order valence-corrected chi connectivity index (χ3v) is 32.8. The maximum atomic E-state index is 10.7. The first kappa shape index (κ1) is 76.8. The van der Waals surface area contributed by atoms with E-state index in [1.165, 1.54) is 0 Å². The molecule has 5 fully saturated rings. The maximum Gasteiger partial charge on any atom is 0.172 e. The molecule has 5 rings (SSSR count). The van der Waals surface area contributed by atoms with Crippen molar-refractivity contribution in [3.8, 4) is 0 Å². The molecular formula is C72H140O11. The zero-order valence-corrected chi connectivity index (χ0v) is 62.7. The molecule has 0 saturated carbocycles. The first-order valence-electron chi connectivity index (χ1n) is 32.0. The largest absolute Gasteiger partial charge is 0.393 e. The van der Waals surface area contributed by atoms with E-state index in [1.54, 1.807) is 0 Å². The smallest absolute Gasteiger partial charge is 0.172 e. The SMILES string of the molecule is CC1(C)OC(C)(CO)C(C)(C)C(C)(C)C1(C)C.CC1(C)OC(C)(CO)[C@@](C)(O[C@@]2(C)OC(C)(CO)C(C)(C)C(C)(C)C2(C)C)C(C)(C)C1(C)C.CC1(C)OC(C)(CO[C@]2(C)OC(C)(CO)C(C)(C)C(C)(C)C2(C)C)C(C)(C)C(C)(C)C1(C)C. The zero-order valence-electron chi connectivity index (χ0n) is 62.7. The molecule has 83 heavy (non-hydrogen) atoms. The molecule has 5 saturated heterocycles. The lowest BCUT2D eigenvalue weighted by Crippen LogP contribution is -2.81. The van der Waals surface area contributed by atoms with E-state index in [1.807, 2.05) is 34.6 Å². The molecule has 0 aromatic carbocycles. The van der Waals surface area contributed by atoms with Crippen LogP contribution in [0.25, 0.3) is 0 Å². The molecule has 8 atom stereocenters. The Balaban J connectivity index is 0.000000344. The highest BCUT2D eigenvalue weighted by Gasteiger charge is 2.77. The molecule has 0 aromatic heterocycles. The van der Waals surface area contributed by atoms with Crippen LogP contribution in [0.15, 0.2) is 0 Å². The van der Waals surface area contributed by atoms with Gasteiger partial charge in [0.05, 0.1) is 72.2 Å². The molecule has 4 N–H and O–H groups in total. The topological polar surface area (TPSA) is 146 Å². The monoisotopic (exact) mass is 1180 g/mol. The van der Waals surface area contributed by atoms with Gasteiger partial charge in [0.25, 0.3) is 0 Å². The molecule has 5 unspecified atom stereocenters. The molecule has 5 aliphatic rings. The van der Waals surface area contributed by atoms with Crippen LogP contribution in [-0.4, -0.2) is 115 Å². The molecule has 0 spiro atoms. The summed E-state index contributed by atoms with van der Waals surface area (Å²) in [7, 11) is 0. The van der Waals surface area contributed by atoms with Crippen LogP contribution in [0.2, 0.25) is 0 Å². The predicted octanol–water partition coefficient (Wildman–Crippen LogP) is 16.8. The fourth-order valence-electron chi connectivity index (χ4n) is 16.6. The van der Waals surface area contributed by atoms with Gasteiger partial charge < -0.3 is 53.6 Å². The molecule has 5 heterocycles. The van der Waals surface area contributed by atoms with Crippen LogP contribution in [0.5, 0.6) is 0 Å². The summed E-state index contributed by atoms with van der Waals surface area (Å²) in [5, 5.41) is 41.5. The Morgan fingerprint density at radius 1 is 0.217 bits per heavy atom. The molecule has 494 valence electrons. The second-order valence-corrected chi connectivity index (χ2v) is 37.9. The lowest BCUT2D eigenvalue weighted by molar-refractivity contribution is -0.478. The van der Waals surface area contributed by atoms with Gasteiger partial charge in [-0.15, -0.1) is 0 Å². The summed E-state index contributed by atoms with van der Waals surface area (Å²) in [6.45, 7) is 92.3. The van der Waals surface area contributed by atoms with Crippen molar-refractivity contribution in [2.75, 3.05) is 33.0 Å². The Morgan fingerprint density at radius 3 is 0.735 bits per heavy atom. The Bertz CT molecular complexity index is 2350. The van der Waals surface area contributed by atoms with Gasteiger partial charge in [-0.1, -0.05) is 194 Å². The van der Waals surface area contributed by atoms with Crippen molar-refractivity contribution < 1.29 is 53.6 Å². The van der Waals surface area contributed by atoms with E-state index in [0.29, 0.717) is 6.61 Å². The molecule has 5 aliphatic heterocycles. The maximum absolute atomic E-state index is 10.7. The van der Waals surface area contributed by atoms with Crippen LogP contribution in [-0.2, 0) is 33.2 Å². The minimum atomic E-state index is -1.08. The highest BCUT2D eigenvalue weighted by molar-refractivity contribution is 5.23. The van der Waals surface area contributed by atoms with Crippen LogP contribution >= 0.6 is 0 Å². The predicted molar refractivity (Wildman–Crippen MR) is 343 cm³/mol. The van der Waals surface area contributed by atoms with Gasteiger partial charge in [-0.3, -0.25) is 0 Å². The van der Waals surface area contributed by atoms with E-state index in [9.17, 15) is 20.4 Å². The average Bonchev–Trinajstić information content (AvgIpc) is 3.30. The quantitative estimate of drug-likeness (QED) is 0.175. The second-order valence-electron chi connectivity index (χ2n) is 37.9. The van der Waals surface area contributed by atoms with Crippen LogP contribution in [0, 0.1) is 75.8 Å². The molecule has 0 amide bonds. The van der Waals surface area contributed by atoms with Crippen molar-refractivity contribution in [2.45, 2.75) is 353 Å². The van der Waals surface area contributed by atoms with Crippen molar-refractivity contribution in [1.82, 2.24) is 0 Å². The van der Waals surface area contributed by atoms with E-state index in [4.69, 9.17) is 33.2 Å². The van der Waals surface area contributed by atoms with Crippen molar-refractivity contribution in [2.24, 2.45) is 75.8 Å². The van der Waals surface area contributed by atoms with Gasteiger partial charge in [-0.2, -0.15) is 0 Å². The van der Waals surface area contributed by atoms with Gasteiger partial charge >= 0.3 is 0 Å². The lowest BCUT2D eigenvalue weighted by atomic mass is 9.44. The van der Waals surface area contributed by atoms with Gasteiger partial charge in [0.2, 0.25) is 0 Å². The summed E-state index contributed by atoms with van der Waals surface area (Å²) in [6.07, 6.45) is 0. The zero-order chi connectivity index (χ0) is 67.0. The Morgan fingerprint density at radius 2 is 0.434 bits per heavy atom. The number of aliphatic hydroxyl groups excluding tert-OH is 4. The van der Waals surface area contributed by atoms with Crippen molar-refractivity contribution in [1.29, 1.82) is 0 Å². The van der Waals surface area contributed by atoms with E-state index >= 15 is 0 Å². The van der Waals surface area contributed by atoms with E-state index in [2.05, 4.69) is 256 Å². The minimum absolute atomic E-state index is 0.0232. The van der Waals surface area contributed by atoms with E-state index in [-0.39, 0.29) is 103 Å². The standard InChI is InChI=1S/C29H56O4.C28H54O5.C15H30O2/c1-20(2)22(5,6)26(13,14)32-28(16,24(20,9)10)19-31-29(17)25(11,12)21(3,4)23(7,8)27(15,18-30)33-29;1-19(2)21(5,6)25(13,17-29)32-28(16,23(19,9)10)33-27(15)22(7,8)20(3,4)24(11,12)31-26(27,14)18-30;1-11(2)12(3,4)14(7,8)17-15(9,10-16)13(11,5)6/h30H,18-19H2,1-17H3;29-30H,17-18H2,1-16H3;16H,10H2,1-9H3/t27?,28?,29-;25?,26?,27-,28+;/m10./s1. The normalized spacial score (nSPS) is 42.3. The van der Waals surface area contributed by atoms with E-state index in [0.717, 1.165) is 0 Å². The number of hydrogen-bond acceptors (Lipinski definition) is 11. The van der Waals surface area contributed by atoms with Crippen molar-refractivity contribution in [3.63, 3.8) is 0 Å². The van der Waals surface area contributed by atoms with Crippen molar-refractivity contribution >= 4 is 0 Å². The van der Waals surface area contributed by atoms with E-state index < -0.39 is 61.6 Å². The molecule has 0 radical (unpaired) electrons. The number of rotatable bonds is 9. The first-order chi connectivity index (χ1) is 35.7. The minimum Gasteiger partial charge on any atom is -0.393 e. The number of ether oxygens (including phenoxy) is 7. The van der Waals surface area contributed by atoms with Crippen LogP contribution in [0.3, 0.4) is 0 Å². The fraction of sp³-hybridized carbons (Fsp3) is 1.00. The van der Waals surface area contributed by atoms with Gasteiger partial charge in [-0.05, 0) is 129 Å². The van der Waals surface area contributed by atoms with Gasteiger partial charge in [0.1, 0.15) is 11.2 Å². The summed E-state index contributed by atoms with van der Waals surface area (Å²) < 4.78 is 47.9. The summed E-state index contributed by atoms with van der Waals surface area (Å²) >= 11 is 0. The molecule has 11 heteroatoms. The summed E-state index contributed by atoms with van der Waals surface area (Å²) in [5.74, 6) is -1.99. The number of aliphatic hydroxyl groups is 4. The fourth-order valence-corrected chi connectivity index (χ4v) is 16.6. The molecule has 0 aliphatic carbocycles. The molecular weight excluding hydrogens is 1040 g/mol. The van der Waals surface area contributed by atoms with Gasteiger partial charge in [-0.25, -0.2) is 0 Å². The van der Waals surface area contributed by atoms with Crippen LogP contribution in [0.1, 0.15) is 291 Å². The Kier molecular flexibility index (Phi) is 18.8. The number of hydrogen-bond donors (Lipinski definition) is 4. The third-order valence-electron chi connectivity index (χ3n) is 32.8. The summed E-state index contributed by atoms with van der Waals surface area (Å²) in [5.41, 5.74) is -8.48. The Labute approximate surface area is 513 Å². The average molecular weight is 1180 g/mol. The molecule has 0 aromatic rings. The highest BCUT2D eigenvalue weighted by Crippen LogP contribution is 2.73. The van der Waals surface area contributed by atoms with Gasteiger partial charge in [0.15, 0.2) is 11.6 Å². The molecule has 0 bridgehead atoms. The lowest BCUT2D eigenvalue weighted by Gasteiger charge is -2.74.